The molecule has 0 unspecified atom stereocenters. The fourth-order valence-electron chi connectivity index (χ4n) is 1.97. The van der Waals surface area contributed by atoms with Crippen LogP contribution in [0.2, 0.25) is 0 Å². The summed E-state index contributed by atoms with van der Waals surface area (Å²) in [5.74, 6) is -1.69. The van der Waals surface area contributed by atoms with Crippen molar-refractivity contribution in [3.05, 3.63) is 47.9 Å². The summed E-state index contributed by atoms with van der Waals surface area (Å²) in [6, 6.07) is 4.65. The minimum Gasteiger partial charge on any atom is -0.459 e. The van der Waals surface area contributed by atoms with Gasteiger partial charge in [0.2, 0.25) is 5.91 Å². The summed E-state index contributed by atoms with van der Waals surface area (Å²) in [6.07, 6.45) is -3.51. The van der Waals surface area contributed by atoms with Gasteiger partial charge in [-0.05, 0) is 30.3 Å². The molecule has 0 aliphatic rings. The van der Waals surface area contributed by atoms with Crippen LogP contribution in [0.4, 0.5) is 29.3 Å². The molecule has 0 aliphatic carbocycles. The first kappa shape index (κ1) is 18.8. The van der Waals surface area contributed by atoms with Gasteiger partial charge in [0.05, 0.1) is 18.4 Å². The molecule has 8 nitrogen and oxygen atoms in total. The lowest BCUT2D eigenvalue weighted by molar-refractivity contribution is -0.137. The topological polar surface area (TPSA) is 126 Å². The Hall–Kier alpha value is -3.50. The van der Waals surface area contributed by atoms with Crippen LogP contribution in [0.25, 0.3) is 0 Å². The predicted octanol–water partition coefficient (Wildman–Crippen LogP) is 2.16. The average molecular weight is 370 g/mol. The van der Waals surface area contributed by atoms with Crippen molar-refractivity contribution in [3.8, 4) is 0 Å². The minimum absolute atomic E-state index is 0.0658. The average Bonchev–Trinajstić information content (AvgIpc) is 3.06. The second kappa shape index (κ2) is 7.59. The van der Waals surface area contributed by atoms with Crippen LogP contribution in [0.5, 0.6) is 0 Å². The van der Waals surface area contributed by atoms with Gasteiger partial charge in [0.25, 0.3) is 5.91 Å². The van der Waals surface area contributed by atoms with E-state index in [0.717, 1.165) is 6.07 Å². The zero-order valence-corrected chi connectivity index (χ0v) is 13.0. The van der Waals surface area contributed by atoms with Crippen molar-refractivity contribution in [2.24, 2.45) is 5.73 Å². The molecule has 0 saturated carbocycles. The lowest BCUT2D eigenvalue weighted by Gasteiger charge is -2.16. The van der Waals surface area contributed by atoms with E-state index in [4.69, 9.17) is 10.2 Å². The first-order chi connectivity index (χ1) is 12.2. The molecule has 26 heavy (non-hydrogen) atoms. The Morgan fingerprint density at radius 1 is 1.15 bits per heavy atom. The third-order valence-electron chi connectivity index (χ3n) is 3.03. The summed E-state index contributed by atoms with van der Waals surface area (Å²) in [4.78, 5) is 33.7. The lowest BCUT2D eigenvalue weighted by Crippen LogP contribution is -2.38. The molecule has 1 aromatic carbocycles. The van der Waals surface area contributed by atoms with E-state index in [1.807, 2.05) is 0 Å². The molecule has 0 atom stereocenters. The Morgan fingerprint density at radius 2 is 1.88 bits per heavy atom. The number of benzene rings is 1. The van der Waals surface area contributed by atoms with Crippen LogP contribution in [0.15, 0.2) is 41.0 Å². The quantitative estimate of drug-likeness (QED) is 0.642. The van der Waals surface area contributed by atoms with Gasteiger partial charge in [-0.25, -0.2) is 4.79 Å². The highest BCUT2D eigenvalue weighted by Crippen LogP contribution is 2.36. The second-order valence-corrected chi connectivity index (χ2v) is 4.96. The molecule has 5 N–H and O–H groups in total. The number of nitrogens with two attached hydrogens (primary N) is 1. The van der Waals surface area contributed by atoms with E-state index >= 15 is 0 Å². The van der Waals surface area contributed by atoms with Crippen LogP contribution in [0.3, 0.4) is 0 Å². The van der Waals surface area contributed by atoms with Gasteiger partial charge in [0, 0.05) is 11.4 Å². The van der Waals surface area contributed by atoms with Crippen LogP contribution in [-0.4, -0.2) is 24.4 Å². The molecule has 1 heterocycles. The Bertz CT molecular complexity index is 819. The first-order valence-electron chi connectivity index (χ1n) is 7.06. The number of hydrogen-bond donors (Lipinski definition) is 4. The third-order valence-corrected chi connectivity index (χ3v) is 3.03. The Morgan fingerprint density at radius 3 is 2.46 bits per heavy atom. The van der Waals surface area contributed by atoms with Crippen molar-refractivity contribution in [1.82, 2.24) is 5.32 Å². The highest BCUT2D eigenvalue weighted by molar-refractivity contribution is 6.02. The van der Waals surface area contributed by atoms with E-state index in [9.17, 15) is 27.6 Å². The molecular weight excluding hydrogens is 357 g/mol. The van der Waals surface area contributed by atoms with Crippen molar-refractivity contribution < 1.29 is 32.0 Å². The van der Waals surface area contributed by atoms with Gasteiger partial charge in [-0.3, -0.25) is 14.9 Å². The van der Waals surface area contributed by atoms with Crippen LogP contribution in [0.1, 0.15) is 16.1 Å². The van der Waals surface area contributed by atoms with Crippen LogP contribution in [0, 0.1) is 0 Å². The fraction of sp³-hybridized carbons (Fsp3) is 0.133. The molecule has 138 valence electrons. The van der Waals surface area contributed by atoms with E-state index in [2.05, 4.69) is 10.6 Å². The number of nitrogens with one attached hydrogen (secondary N) is 3. The number of furan rings is 1. The first-order valence-corrected chi connectivity index (χ1v) is 7.06. The molecule has 2 aromatic rings. The molecule has 2 rings (SSSR count). The van der Waals surface area contributed by atoms with Gasteiger partial charge < -0.3 is 20.8 Å². The number of halogens is 3. The molecule has 0 fully saturated rings. The number of rotatable bonds is 5. The minimum atomic E-state index is -4.76. The summed E-state index contributed by atoms with van der Waals surface area (Å²) in [6.45, 7) is -0.607. The van der Waals surface area contributed by atoms with Crippen LogP contribution in [-0.2, 0) is 11.0 Å². The van der Waals surface area contributed by atoms with Gasteiger partial charge in [0.15, 0.2) is 5.76 Å². The predicted molar refractivity (Wildman–Crippen MR) is 84.3 cm³/mol. The molecule has 4 amide bonds. The summed E-state index contributed by atoms with van der Waals surface area (Å²) >= 11 is 0. The SMILES string of the molecule is NC(=O)NC(=O)CNc1ccc(NC(=O)c2ccco2)cc1C(F)(F)F. The number of carbonyl (C=O) groups excluding carboxylic acids is 3. The molecule has 0 saturated heterocycles. The zero-order chi connectivity index (χ0) is 19.3. The molecule has 0 spiro atoms. The van der Waals surface area contributed by atoms with E-state index in [1.165, 1.54) is 24.5 Å². The molecule has 0 bridgehead atoms. The van der Waals surface area contributed by atoms with E-state index in [0.29, 0.717) is 6.07 Å². The number of anilines is 2. The van der Waals surface area contributed by atoms with Gasteiger partial charge in [-0.1, -0.05) is 0 Å². The smallest absolute Gasteiger partial charge is 0.418 e. The van der Waals surface area contributed by atoms with E-state index < -0.39 is 41.8 Å². The molecule has 0 radical (unpaired) electrons. The van der Waals surface area contributed by atoms with Crippen molar-refractivity contribution >= 4 is 29.2 Å². The largest absolute Gasteiger partial charge is 0.459 e. The number of alkyl halides is 3. The highest BCUT2D eigenvalue weighted by atomic mass is 19.4. The lowest BCUT2D eigenvalue weighted by atomic mass is 10.1. The number of imide groups is 1. The summed E-state index contributed by atoms with van der Waals surface area (Å²) in [5, 5.41) is 6.25. The van der Waals surface area contributed by atoms with E-state index in [1.54, 1.807) is 5.32 Å². The maximum atomic E-state index is 13.2. The maximum Gasteiger partial charge on any atom is 0.418 e. The van der Waals surface area contributed by atoms with Crippen molar-refractivity contribution in [2.75, 3.05) is 17.2 Å². The Balaban J connectivity index is 2.18. The molecule has 1 aromatic heterocycles. The fourth-order valence-corrected chi connectivity index (χ4v) is 1.97. The van der Waals surface area contributed by atoms with E-state index in [-0.39, 0.29) is 11.4 Å². The second-order valence-electron chi connectivity index (χ2n) is 4.96. The monoisotopic (exact) mass is 370 g/mol. The Kier molecular flexibility index (Phi) is 5.50. The number of urea groups is 1. The standard InChI is InChI=1S/C15H13F3N4O4/c16-15(17,18)9-6-8(21-13(24)11-2-1-5-26-11)3-4-10(9)20-7-12(23)22-14(19)25/h1-6,20H,7H2,(H,21,24)(H3,19,22,23,25). The normalized spacial score (nSPS) is 10.9. The van der Waals surface area contributed by atoms with Crippen molar-refractivity contribution in [3.63, 3.8) is 0 Å². The molecular formula is C15H13F3N4O4. The summed E-state index contributed by atoms with van der Waals surface area (Å²) in [7, 11) is 0. The van der Waals surface area contributed by atoms with Crippen LogP contribution >= 0.6 is 0 Å². The zero-order valence-electron chi connectivity index (χ0n) is 13.0. The van der Waals surface area contributed by atoms with Crippen molar-refractivity contribution in [1.29, 1.82) is 0 Å². The third kappa shape index (κ3) is 5.00. The Labute approximate surface area is 144 Å². The van der Waals surface area contributed by atoms with Crippen molar-refractivity contribution in [2.45, 2.75) is 6.18 Å². The van der Waals surface area contributed by atoms with Gasteiger partial charge in [-0.15, -0.1) is 0 Å². The molecule has 0 aliphatic heterocycles. The molecule has 11 heteroatoms. The number of primary amides is 1. The maximum absolute atomic E-state index is 13.2. The van der Waals surface area contributed by atoms with Gasteiger partial charge in [0.1, 0.15) is 0 Å². The number of amides is 4. The number of hydrogen-bond acceptors (Lipinski definition) is 5. The van der Waals surface area contributed by atoms with Crippen LogP contribution < -0.4 is 21.7 Å². The van der Waals surface area contributed by atoms with Gasteiger partial charge in [-0.2, -0.15) is 13.2 Å². The number of carbonyl (C=O) groups is 3. The van der Waals surface area contributed by atoms with Gasteiger partial charge >= 0.3 is 12.2 Å². The summed E-state index contributed by atoms with van der Waals surface area (Å²) in [5.41, 5.74) is 3.10. The summed E-state index contributed by atoms with van der Waals surface area (Å²) < 4.78 is 44.5. The highest BCUT2D eigenvalue weighted by Gasteiger charge is 2.34.